The summed E-state index contributed by atoms with van der Waals surface area (Å²) >= 11 is 0. The monoisotopic (exact) mass is 495 g/mol. The van der Waals surface area contributed by atoms with Gasteiger partial charge in [-0.05, 0) is 38.0 Å². The Kier molecular flexibility index (Phi) is 6.77. The first-order valence-electron chi connectivity index (χ1n) is 11.2. The van der Waals surface area contributed by atoms with Crippen LogP contribution in [0.2, 0.25) is 0 Å². The second-order valence-electron chi connectivity index (χ2n) is 8.50. The van der Waals surface area contributed by atoms with Crippen LogP contribution in [0.3, 0.4) is 0 Å². The maximum atomic E-state index is 12.6. The highest BCUT2D eigenvalue weighted by Gasteiger charge is 2.26. The molecule has 1 amide bonds. The average molecular weight is 495 g/mol. The number of nitrogens with zero attached hydrogens (tertiary/aromatic N) is 2. The first-order valence-corrected chi connectivity index (χ1v) is 11.2. The number of hydrogen-bond acceptors (Lipinski definition) is 9. The number of carbonyl (C=O) groups excluding carboxylic acids is 2. The van der Waals surface area contributed by atoms with Gasteiger partial charge < -0.3 is 14.5 Å². The molecular formula is C24H21N3O9. The summed E-state index contributed by atoms with van der Waals surface area (Å²) in [5, 5.41) is 25.8. The lowest BCUT2D eigenvalue weighted by atomic mass is 9.95. The third kappa shape index (κ3) is 5.06. The molecule has 1 N–H and O–H groups in total. The number of hydrogen-bond donors (Lipinski definition) is 1. The lowest BCUT2D eigenvalue weighted by Gasteiger charge is -2.22. The molecule has 0 atom stereocenters. The number of amides is 1. The molecule has 1 fully saturated rings. The molecule has 1 saturated carbocycles. The highest BCUT2D eigenvalue weighted by Crippen LogP contribution is 2.30. The number of esters is 1. The van der Waals surface area contributed by atoms with Gasteiger partial charge in [-0.3, -0.25) is 25.0 Å². The van der Waals surface area contributed by atoms with Crippen molar-refractivity contribution >= 4 is 34.2 Å². The van der Waals surface area contributed by atoms with E-state index < -0.39 is 44.3 Å². The molecular weight excluding hydrogens is 474 g/mol. The zero-order chi connectivity index (χ0) is 26.0. The predicted molar refractivity (Wildman–Crippen MR) is 126 cm³/mol. The van der Waals surface area contributed by atoms with Crippen LogP contribution in [-0.4, -0.2) is 27.8 Å². The lowest BCUT2D eigenvalue weighted by molar-refractivity contribution is -0.395. The summed E-state index contributed by atoms with van der Waals surface area (Å²) < 4.78 is 10.5. The van der Waals surface area contributed by atoms with Gasteiger partial charge in [-0.25, -0.2) is 9.59 Å². The SMILES string of the molecule is Cc1c([N+](=O)[O-])cc(C(=O)Oc2ccc3cc(C(=O)NC4CCCCC4)c(=O)oc3c2)cc1[N+](=O)[O-]. The van der Waals surface area contributed by atoms with Crippen LogP contribution < -0.4 is 15.7 Å². The van der Waals surface area contributed by atoms with Crippen molar-refractivity contribution in [2.45, 2.75) is 45.1 Å². The maximum Gasteiger partial charge on any atom is 0.349 e. The summed E-state index contributed by atoms with van der Waals surface area (Å²) in [6, 6.07) is 7.27. The molecule has 1 heterocycles. The fourth-order valence-electron chi connectivity index (χ4n) is 4.17. The fraction of sp³-hybridized carbons (Fsp3) is 0.292. The zero-order valence-electron chi connectivity index (χ0n) is 19.1. The van der Waals surface area contributed by atoms with Gasteiger partial charge in [-0.1, -0.05) is 19.3 Å². The summed E-state index contributed by atoms with van der Waals surface area (Å²) in [4.78, 5) is 58.5. The smallest absolute Gasteiger partial charge is 0.349 e. The number of benzene rings is 2. The maximum absolute atomic E-state index is 12.6. The summed E-state index contributed by atoms with van der Waals surface area (Å²) in [7, 11) is 0. The van der Waals surface area contributed by atoms with Crippen molar-refractivity contribution < 1.29 is 28.6 Å². The minimum atomic E-state index is -1.08. The molecule has 0 radical (unpaired) electrons. The molecule has 3 aromatic rings. The van der Waals surface area contributed by atoms with E-state index in [9.17, 15) is 34.6 Å². The molecule has 4 rings (SSSR count). The van der Waals surface area contributed by atoms with E-state index in [0.29, 0.717) is 5.39 Å². The number of nitro groups is 2. The van der Waals surface area contributed by atoms with Gasteiger partial charge in [-0.15, -0.1) is 0 Å². The van der Waals surface area contributed by atoms with Crippen molar-refractivity contribution in [3.63, 3.8) is 0 Å². The minimum Gasteiger partial charge on any atom is -0.423 e. The van der Waals surface area contributed by atoms with Gasteiger partial charge >= 0.3 is 11.6 Å². The molecule has 0 saturated heterocycles. The van der Waals surface area contributed by atoms with Crippen LogP contribution in [0.5, 0.6) is 5.75 Å². The molecule has 12 nitrogen and oxygen atoms in total. The van der Waals surface area contributed by atoms with Gasteiger partial charge in [0.25, 0.3) is 17.3 Å². The number of fused-ring (bicyclic) bond motifs is 1. The molecule has 186 valence electrons. The highest BCUT2D eigenvalue weighted by molar-refractivity contribution is 5.97. The Morgan fingerprint density at radius 1 is 1.00 bits per heavy atom. The van der Waals surface area contributed by atoms with E-state index in [1.165, 1.54) is 31.2 Å². The topological polar surface area (TPSA) is 172 Å². The fourth-order valence-corrected chi connectivity index (χ4v) is 4.17. The van der Waals surface area contributed by atoms with Crippen LogP contribution in [0.25, 0.3) is 11.0 Å². The second-order valence-corrected chi connectivity index (χ2v) is 8.50. The Hall–Kier alpha value is -4.61. The van der Waals surface area contributed by atoms with Gasteiger partial charge in [0.05, 0.1) is 15.4 Å². The van der Waals surface area contributed by atoms with Crippen LogP contribution in [0.4, 0.5) is 11.4 Å². The number of nitrogens with one attached hydrogen (secondary N) is 1. The Bertz CT molecular complexity index is 1420. The van der Waals surface area contributed by atoms with E-state index in [1.54, 1.807) is 0 Å². The Morgan fingerprint density at radius 3 is 2.25 bits per heavy atom. The summed E-state index contributed by atoms with van der Waals surface area (Å²) in [5.74, 6) is -1.66. The normalized spacial score (nSPS) is 13.8. The average Bonchev–Trinajstić information content (AvgIpc) is 2.83. The van der Waals surface area contributed by atoms with Gasteiger partial charge in [0.2, 0.25) is 0 Å². The first-order chi connectivity index (χ1) is 17.1. The number of nitro benzene ring substituents is 2. The van der Waals surface area contributed by atoms with Crippen LogP contribution in [0.1, 0.15) is 58.4 Å². The Morgan fingerprint density at radius 2 is 1.64 bits per heavy atom. The van der Waals surface area contributed by atoms with Crippen LogP contribution >= 0.6 is 0 Å². The molecule has 0 bridgehead atoms. The van der Waals surface area contributed by atoms with E-state index in [4.69, 9.17) is 9.15 Å². The van der Waals surface area contributed by atoms with Crippen molar-refractivity contribution in [3.05, 3.63) is 83.7 Å². The van der Waals surface area contributed by atoms with E-state index in [0.717, 1.165) is 44.2 Å². The number of ether oxygens (including phenoxy) is 1. The molecule has 36 heavy (non-hydrogen) atoms. The van der Waals surface area contributed by atoms with E-state index in [2.05, 4.69) is 5.32 Å². The van der Waals surface area contributed by atoms with Crippen molar-refractivity contribution in [3.8, 4) is 5.75 Å². The minimum absolute atomic E-state index is 0.0107. The van der Waals surface area contributed by atoms with Crippen LogP contribution in [-0.2, 0) is 0 Å². The van der Waals surface area contributed by atoms with Gasteiger partial charge in [0.1, 0.15) is 22.5 Å². The van der Waals surface area contributed by atoms with Gasteiger partial charge in [-0.2, -0.15) is 0 Å². The van der Waals surface area contributed by atoms with Crippen molar-refractivity contribution in [1.29, 1.82) is 0 Å². The Labute approximate surface area is 203 Å². The molecule has 1 aliphatic carbocycles. The molecule has 0 aliphatic heterocycles. The molecule has 0 unspecified atom stereocenters. The molecule has 0 spiro atoms. The molecule has 1 aliphatic rings. The zero-order valence-corrected chi connectivity index (χ0v) is 19.1. The van der Waals surface area contributed by atoms with Crippen molar-refractivity contribution in [2.75, 3.05) is 0 Å². The van der Waals surface area contributed by atoms with Crippen molar-refractivity contribution in [1.82, 2.24) is 5.32 Å². The lowest BCUT2D eigenvalue weighted by Crippen LogP contribution is -2.38. The van der Waals surface area contributed by atoms with Crippen LogP contribution in [0, 0.1) is 27.2 Å². The van der Waals surface area contributed by atoms with Crippen LogP contribution in [0.15, 0.2) is 45.6 Å². The summed E-state index contributed by atoms with van der Waals surface area (Å²) in [6.45, 7) is 1.21. The van der Waals surface area contributed by atoms with E-state index in [-0.39, 0.29) is 28.5 Å². The molecule has 1 aromatic heterocycles. The molecule has 12 heteroatoms. The molecule has 2 aromatic carbocycles. The van der Waals surface area contributed by atoms with E-state index in [1.807, 2.05) is 0 Å². The number of carbonyl (C=O) groups is 2. The second kappa shape index (κ2) is 9.94. The third-order valence-electron chi connectivity index (χ3n) is 6.08. The first kappa shape index (κ1) is 24.5. The summed E-state index contributed by atoms with van der Waals surface area (Å²) in [5.41, 5.74) is -2.74. The largest absolute Gasteiger partial charge is 0.423 e. The summed E-state index contributed by atoms with van der Waals surface area (Å²) in [6.07, 6.45) is 4.86. The van der Waals surface area contributed by atoms with E-state index >= 15 is 0 Å². The third-order valence-corrected chi connectivity index (χ3v) is 6.08. The number of rotatable bonds is 6. The Balaban J connectivity index is 1.58. The quantitative estimate of drug-likeness (QED) is 0.173. The standard InChI is InChI=1S/C24H21N3O9/c1-13-19(26(31)32)10-15(11-20(13)27(33)34)23(29)35-17-8-7-14-9-18(24(30)36-21(14)12-17)22(28)25-16-5-3-2-4-6-16/h7-12,16H,2-6H2,1H3,(H,25,28). The van der Waals surface area contributed by atoms with Gasteiger partial charge in [0.15, 0.2) is 0 Å². The highest BCUT2D eigenvalue weighted by atomic mass is 16.6. The van der Waals surface area contributed by atoms with Gasteiger partial charge in [0, 0.05) is 29.6 Å². The van der Waals surface area contributed by atoms with Crippen molar-refractivity contribution in [2.24, 2.45) is 0 Å². The predicted octanol–water partition coefficient (Wildman–Crippen LogP) is 4.20.